The molecule has 0 atom stereocenters. The summed E-state index contributed by atoms with van der Waals surface area (Å²) in [5.41, 5.74) is 2.16. The summed E-state index contributed by atoms with van der Waals surface area (Å²) in [5, 5.41) is 14.3. The zero-order valence-electron chi connectivity index (χ0n) is 17.2. The predicted molar refractivity (Wildman–Crippen MR) is 116 cm³/mol. The topological polar surface area (TPSA) is 82.6 Å². The summed E-state index contributed by atoms with van der Waals surface area (Å²) in [6, 6.07) is 11.3. The van der Waals surface area contributed by atoms with Crippen LogP contribution >= 0.6 is 0 Å². The van der Waals surface area contributed by atoms with Crippen LogP contribution in [-0.4, -0.2) is 73.5 Å². The van der Waals surface area contributed by atoms with E-state index in [9.17, 15) is 4.79 Å². The number of benzene rings is 1. The average Bonchev–Trinajstić information content (AvgIpc) is 2.77. The summed E-state index contributed by atoms with van der Waals surface area (Å²) in [4.78, 5) is 17.0. The first-order valence-electron chi connectivity index (χ1n) is 10.2. The maximum absolute atomic E-state index is 12.4. The van der Waals surface area contributed by atoms with Gasteiger partial charge >= 0.3 is 0 Å². The van der Waals surface area contributed by atoms with Crippen LogP contribution < -0.4 is 15.5 Å². The van der Waals surface area contributed by atoms with Crippen LogP contribution in [0, 0.1) is 0 Å². The number of morpholine rings is 1. The molecular formula is C21H30N6O2. The van der Waals surface area contributed by atoms with E-state index in [1.165, 1.54) is 0 Å². The Morgan fingerprint density at radius 3 is 2.41 bits per heavy atom. The predicted octanol–water partition coefficient (Wildman–Crippen LogP) is 2.32. The Hall–Kier alpha value is -2.71. The van der Waals surface area contributed by atoms with Crippen LogP contribution in [0.4, 0.5) is 17.2 Å². The largest absolute Gasteiger partial charge is 0.379 e. The summed E-state index contributed by atoms with van der Waals surface area (Å²) in [7, 11) is 0. The van der Waals surface area contributed by atoms with Crippen LogP contribution in [0.3, 0.4) is 0 Å². The first kappa shape index (κ1) is 21.0. The normalized spacial score (nSPS) is 14.4. The Balaban J connectivity index is 1.48. The number of ether oxygens (including phenoxy) is 1. The van der Waals surface area contributed by atoms with Gasteiger partial charge in [0.1, 0.15) is 5.82 Å². The van der Waals surface area contributed by atoms with Crippen molar-refractivity contribution in [2.75, 3.05) is 68.0 Å². The highest BCUT2D eigenvalue weighted by molar-refractivity contribution is 6.02. The number of nitrogens with zero attached hydrogens (tertiary/aromatic N) is 4. The van der Waals surface area contributed by atoms with Gasteiger partial charge in [0.2, 0.25) is 0 Å². The van der Waals surface area contributed by atoms with E-state index < -0.39 is 0 Å². The molecule has 1 fully saturated rings. The van der Waals surface area contributed by atoms with Crippen LogP contribution in [0.25, 0.3) is 0 Å². The van der Waals surface area contributed by atoms with Crippen LogP contribution in [0.2, 0.25) is 0 Å². The van der Waals surface area contributed by atoms with Crippen molar-refractivity contribution < 1.29 is 9.53 Å². The highest BCUT2D eigenvalue weighted by Crippen LogP contribution is 2.18. The molecule has 0 aliphatic carbocycles. The van der Waals surface area contributed by atoms with Crippen molar-refractivity contribution in [1.82, 2.24) is 15.1 Å². The summed E-state index contributed by atoms with van der Waals surface area (Å²) in [6.07, 6.45) is 0. The summed E-state index contributed by atoms with van der Waals surface area (Å²) in [6.45, 7) is 11.4. The molecule has 0 radical (unpaired) electrons. The molecule has 29 heavy (non-hydrogen) atoms. The molecule has 1 aliphatic heterocycles. The Kier molecular flexibility index (Phi) is 7.77. The summed E-state index contributed by atoms with van der Waals surface area (Å²) in [5.74, 6) is 0.395. The van der Waals surface area contributed by atoms with E-state index in [0.29, 0.717) is 5.82 Å². The molecular weight excluding hydrogens is 368 g/mol. The van der Waals surface area contributed by atoms with Crippen molar-refractivity contribution in [1.29, 1.82) is 0 Å². The quantitative estimate of drug-likeness (QED) is 0.671. The summed E-state index contributed by atoms with van der Waals surface area (Å²) < 4.78 is 5.34. The fourth-order valence-electron chi connectivity index (χ4n) is 3.25. The van der Waals surface area contributed by atoms with Crippen LogP contribution in [0.1, 0.15) is 24.3 Å². The van der Waals surface area contributed by atoms with Gasteiger partial charge in [-0.3, -0.25) is 9.69 Å². The smallest absolute Gasteiger partial charge is 0.276 e. The Labute approximate surface area is 172 Å². The minimum absolute atomic E-state index is 0.270. The van der Waals surface area contributed by atoms with Crippen molar-refractivity contribution in [2.45, 2.75) is 13.8 Å². The molecule has 1 amide bonds. The zero-order chi connectivity index (χ0) is 20.5. The van der Waals surface area contributed by atoms with E-state index in [1.54, 1.807) is 12.1 Å². The van der Waals surface area contributed by atoms with Gasteiger partial charge in [0.15, 0.2) is 5.69 Å². The fourth-order valence-corrected chi connectivity index (χ4v) is 3.25. The lowest BCUT2D eigenvalue weighted by Crippen LogP contribution is -2.39. The second-order valence-electron chi connectivity index (χ2n) is 6.86. The van der Waals surface area contributed by atoms with Gasteiger partial charge < -0.3 is 20.3 Å². The van der Waals surface area contributed by atoms with E-state index in [-0.39, 0.29) is 11.6 Å². The van der Waals surface area contributed by atoms with Crippen LogP contribution in [0.15, 0.2) is 36.4 Å². The molecule has 0 spiro atoms. The van der Waals surface area contributed by atoms with Gasteiger partial charge in [0.05, 0.1) is 13.2 Å². The van der Waals surface area contributed by atoms with Gasteiger partial charge in [0.25, 0.3) is 5.91 Å². The Morgan fingerprint density at radius 2 is 1.79 bits per heavy atom. The third kappa shape index (κ3) is 6.13. The van der Waals surface area contributed by atoms with Crippen LogP contribution in [-0.2, 0) is 4.74 Å². The number of amides is 1. The van der Waals surface area contributed by atoms with E-state index >= 15 is 0 Å². The number of nitrogens with one attached hydrogen (secondary N) is 2. The van der Waals surface area contributed by atoms with E-state index in [1.807, 2.05) is 24.3 Å². The minimum Gasteiger partial charge on any atom is -0.379 e. The van der Waals surface area contributed by atoms with E-state index in [2.05, 4.69) is 44.5 Å². The molecule has 0 saturated carbocycles. The van der Waals surface area contributed by atoms with Gasteiger partial charge in [-0.25, -0.2) is 0 Å². The van der Waals surface area contributed by atoms with Crippen LogP contribution in [0.5, 0.6) is 0 Å². The SMILES string of the molecule is CCN(CC)c1ccc(NC(=O)c2ccc(NCCN3CCOCC3)nn2)cc1. The second-order valence-corrected chi connectivity index (χ2v) is 6.86. The standard InChI is InChI=1S/C21H30N6O2/c1-3-27(4-2)18-7-5-17(6-8-18)23-21(28)19-9-10-20(25-24-19)22-11-12-26-13-15-29-16-14-26/h5-10H,3-4,11-16H2,1-2H3,(H,22,25)(H,23,28). The third-order valence-corrected chi connectivity index (χ3v) is 4.99. The molecule has 2 N–H and O–H groups in total. The third-order valence-electron chi connectivity index (χ3n) is 4.99. The van der Waals surface area contributed by atoms with E-state index in [4.69, 9.17) is 4.74 Å². The summed E-state index contributed by atoms with van der Waals surface area (Å²) >= 11 is 0. The number of hydrogen-bond donors (Lipinski definition) is 2. The fraction of sp³-hybridized carbons (Fsp3) is 0.476. The first-order valence-corrected chi connectivity index (χ1v) is 10.2. The molecule has 1 saturated heterocycles. The second kappa shape index (κ2) is 10.7. The molecule has 156 valence electrons. The monoisotopic (exact) mass is 398 g/mol. The first-order chi connectivity index (χ1) is 14.2. The molecule has 0 bridgehead atoms. The molecule has 2 heterocycles. The highest BCUT2D eigenvalue weighted by atomic mass is 16.5. The van der Waals surface area contributed by atoms with E-state index in [0.717, 1.165) is 63.9 Å². The van der Waals surface area contributed by atoms with Crippen molar-refractivity contribution in [3.63, 3.8) is 0 Å². The molecule has 1 aromatic carbocycles. The number of carbonyl (C=O) groups is 1. The lowest BCUT2D eigenvalue weighted by atomic mass is 10.2. The maximum atomic E-state index is 12.4. The number of rotatable bonds is 9. The van der Waals surface area contributed by atoms with Crippen molar-refractivity contribution >= 4 is 23.1 Å². The molecule has 1 aliphatic rings. The number of carbonyl (C=O) groups excluding carboxylic acids is 1. The lowest BCUT2D eigenvalue weighted by molar-refractivity contribution is 0.0398. The molecule has 0 unspecified atom stereocenters. The molecule has 2 aromatic rings. The minimum atomic E-state index is -0.270. The van der Waals surface area contributed by atoms with Gasteiger partial charge in [0, 0.05) is 50.6 Å². The molecule has 3 rings (SSSR count). The van der Waals surface area contributed by atoms with Gasteiger partial charge in [-0.15, -0.1) is 10.2 Å². The Morgan fingerprint density at radius 1 is 1.07 bits per heavy atom. The van der Waals surface area contributed by atoms with Gasteiger partial charge in [-0.05, 0) is 50.2 Å². The number of aromatic nitrogens is 2. The Bertz CT molecular complexity index is 756. The molecule has 8 heteroatoms. The van der Waals surface area contributed by atoms with Gasteiger partial charge in [-0.1, -0.05) is 0 Å². The molecule has 1 aromatic heterocycles. The lowest BCUT2D eigenvalue weighted by Gasteiger charge is -2.26. The highest BCUT2D eigenvalue weighted by Gasteiger charge is 2.11. The van der Waals surface area contributed by atoms with Crippen molar-refractivity contribution in [3.05, 3.63) is 42.1 Å². The zero-order valence-corrected chi connectivity index (χ0v) is 17.2. The number of hydrogen-bond acceptors (Lipinski definition) is 7. The van der Waals surface area contributed by atoms with Gasteiger partial charge in [-0.2, -0.15) is 0 Å². The number of anilines is 3. The average molecular weight is 399 g/mol. The molecule has 8 nitrogen and oxygen atoms in total. The van der Waals surface area contributed by atoms with Crippen molar-refractivity contribution in [3.8, 4) is 0 Å². The maximum Gasteiger partial charge on any atom is 0.276 e. The van der Waals surface area contributed by atoms with Crippen molar-refractivity contribution in [2.24, 2.45) is 0 Å².